The number of thiophene rings is 1. The lowest BCUT2D eigenvalue weighted by molar-refractivity contribution is -0.124. The monoisotopic (exact) mass is 270 g/mol. The van der Waals surface area contributed by atoms with E-state index in [2.05, 4.69) is 5.32 Å². The number of carbonyl (C=O) groups is 2. The Morgan fingerprint density at radius 2 is 2.17 bits per heavy atom. The van der Waals surface area contributed by atoms with E-state index < -0.39 is 17.4 Å². The van der Waals surface area contributed by atoms with Crippen LogP contribution < -0.4 is 11.1 Å². The van der Waals surface area contributed by atoms with Gasteiger partial charge in [-0.1, -0.05) is 6.92 Å². The minimum Gasteiger partial charge on any atom is -0.477 e. The van der Waals surface area contributed by atoms with E-state index in [4.69, 9.17) is 10.8 Å². The van der Waals surface area contributed by atoms with Crippen LogP contribution in [0.2, 0.25) is 0 Å². The van der Waals surface area contributed by atoms with Crippen LogP contribution in [0.3, 0.4) is 0 Å². The Labute approximate surface area is 110 Å². The molecule has 1 rings (SSSR count). The highest BCUT2D eigenvalue weighted by atomic mass is 32.1. The van der Waals surface area contributed by atoms with E-state index in [0.717, 1.165) is 10.4 Å². The fraction of sp³-hybridized carbons (Fsp3) is 0.500. The highest BCUT2D eigenvalue weighted by molar-refractivity contribution is 7.14. The van der Waals surface area contributed by atoms with E-state index in [1.54, 1.807) is 13.0 Å². The molecule has 1 aromatic heterocycles. The highest BCUT2D eigenvalue weighted by Crippen LogP contribution is 2.22. The second-order valence-corrected chi connectivity index (χ2v) is 5.66. The third-order valence-corrected chi connectivity index (χ3v) is 4.23. The number of nitrogens with one attached hydrogen (secondary N) is 1. The van der Waals surface area contributed by atoms with E-state index >= 15 is 0 Å². The zero-order valence-electron chi connectivity index (χ0n) is 10.7. The molecule has 0 aliphatic heterocycles. The molecular formula is C12H18N2O3S. The largest absolute Gasteiger partial charge is 0.477 e. The summed E-state index contributed by atoms with van der Waals surface area (Å²) in [4.78, 5) is 23.4. The predicted octanol–water partition coefficient (Wildman–Crippen LogP) is 1.50. The van der Waals surface area contributed by atoms with Gasteiger partial charge in [0.2, 0.25) is 5.91 Å². The van der Waals surface area contributed by atoms with Gasteiger partial charge in [-0.15, -0.1) is 11.3 Å². The SMILES string of the molecule is CCC(C)(NCc1cc(C(=O)O)sc1C)C(N)=O. The molecule has 6 heteroatoms. The van der Waals surface area contributed by atoms with Crippen molar-refractivity contribution in [2.24, 2.45) is 5.73 Å². The molecule has 1 atom stereocenters. The number of primary amides is 1. The average Bonchev–Trinajstić information content (AvgIpc) is 2.67. The van der Waals surface area contributed by atoms with Gasteiger partial charge in [-0.05, 0) is 31.9 Å². The summed E-state index contributed by atoms with van der Waals surface area (Å²) in [7, 11) is 0. The maximum Gasteiger partial charge on any atom is 0.345 e. The molecule has 1 heterocycles. The quantitative estimate of drug-likeness (QED) is 0.730. The molecule has 0 spiro atoms. The van der Waals surface area contributed by atoms with Crippen molar-refractivity contribution in [2.45, 2.75) is 39.3 Å². The van der Waals surface area contributed by atoms with Gasteiger partial charge in [0.15, 0.2) is 0 Å². The van der Waals surface area contributed by atoms with Gasteiger partial charge in [-0.3, -0.25) is 10.1 Å². The number of rotatable bonds is 6. The van der Waals surface area contributed by atoms with Crippen molar-refractivity contribution in [3.05, 3.63) is 21.4 Å². The van der Waals surface area contributed by atoms with Crippen LogP contribution in [0.1, 0.15) is 40.4 Å². The van der Waals surface area contributed by atoms with E-state index in [1.807, 2.05) is 13.8 Å². The number of carbonyl (C=O) groups excluding carboxylic acids is 1. The zero-order chi connectivity index (χ0) is 13.9. The lowest BCUT2D eigenvalue weighted by Crippen LogP contribution is -2.52. The van der Waals surface area contributed by atoms with Crippen LogP contribution in [0.4, 0.5) is 0 Å². The lowest BCUT2D eigenvalue weighted by atomic mass is 9.98. The van der Waals surface area contributed by atoms with Crippen LogP contribution in [0.5, 0.6) is 0 Å². The van der Waals surface area contributed by atoms with Gasteiger partial charge in [-0.25, -0.2) is 4.79 Å². The first-order valence-corrected chi connectivity index (χ1v) is 6.49. The molecule has 5 nitrogen and oxygen atoms in total. The number of aromatic carboxylic acids is 1. The Morgan fingerprint density at radius 3 is 2.56 bits per heavy atom. The summed E-state index contributed by atoms with van der Waals surface area (Å²) < 4.78 is 0. The molecule has 0 aliphatic carbocycles. The van der Waals surface area contributed by atoms with Gasteiger partial charge < -0.3 is 10.8 Å². The van der Waals surface area contributed by atoms with Gasteiger partial charge in [-0.2, -0.15) is 0 Å². The van der Waals surface area contributed by atoms with Crippen LogP contribution in [0, 0.1) is 6.92 Å². The van der Waals surface area contributed by atoms with E-state index in [9.17, 15) is 9.59 Å². The van der Waals surface area contributed by atoms with Crippen LogP contribution in [0.15, 0.2) is 6.07 Å². The minimum atomic E-state index is -0.928. The highest BCUT2D eigenvalue weighted by Gasteiger charge is 2.28. The molecular weight excluding hydrogens is 252 g/mol. The maximum atomic E-state index is 11.3. The first-order valence-electron chi connectivity index (χ1n) is 5.67. The van der Waals surface area contributed by atoms with Crippen molar-refractivity contribution in [1.82, 2.24) is 5.32 Å². The second kappa shape index (κ2) is 5.49. The molecule has 1 unspecified atom stereocenters. The number of carboxylic acid groups (broad SMARTS) is 1. The summed E-state index contributed by atoms with van der Waals surface area (Å²) >= 11 is 1.23. The number of hydrogen-bond donors (Lipinski definition) is 3. The second-order valence-electron chi connectivity index (χ2n) is 4.40. The van der Waals surface area contributed by atoms with Gasteiger partial charge in [0.25, 0.3) is 0 Å². The Hall–Kier alpha value is -1.40. The molecule has 0 radical (unpaired) electrons. The molecule has 100 valence electrons. The molecule has 1 amide bonds. The van der Waals surface area contributed by atoms with Crippen molar-refractivity contribution in [3.8, 4) is 0 Å². The minimum absolute atomic E-state index is 0.307. The molecule has 1 aromatic rings. The van der Waals surface area contributed by atoms with Crippen molar-refractivity contribution < 1.29 is 14.7 Å². The molecule has 0 bridgehead atoms. The summed E-state index contributed by atoms with van der Waals surface area (Å²) in [6.07, 6.45) is 0.581. The zero-order valence-corrected chi connectivity index (χ0v) is 11.6. The van der Waals surface area contributed by atoms with Crippen molar-refractivity contribution >= 4 is 23.2 Å². The van der Waals surface area contributed by atoms with Crippen LogP contribution in [-0.2, 0) is 11.3 Å². The van der Waals surface area contributed by atoms with E-state index in [0.29, 0.717) is 17.8 Å². The van der Waals surface area contributed by atoms with Gasteiger partial charge in [0.05, 0.1) is 5.54 Å². The molecule has 18 heavy (non-hydrogen) atoms. The third kappa shape index (κ3) is 3.08. The van der Waals surface area contributed by atoms with E-state index in [1.165, 1.54) is 11.3 Å². The number of amides is 1. The topological polar surface area (TPSA) is 92.4 Å². The van der Waals surface area contributed by atoms with Gasteiger partial charge in [0, 0.05) is 11.4 Å². The van der Waals surface area contributed by atoms with Crippen LogP contribution in [0.25, 0.3) is 0 Å². The molecule has 0 saturated carbocycles. The van der Waals surface area contributed by atoms with E-state index in [-0.39, 0.29) is 0 Å². The Morgan fingerprint density at radius 1 is 1.56 bits per heavy atom. The molecule has 0 aromatic carbocycles. The van der Waals surface area contributed by atoms with Crippen LogP contribution >= 0.6 is 11.3 Å². The number of nitrogens with two attached hydrogens (primary N) is 1. The summed E-state index contributed by atoms with van der Waals surface area (Å²) in [5.74, 6) is -1.33. The fourth-order valence-electron chi connectivity index (χ4n) is 1.48. The maximum absolute atomic E-state index is 11.3. The normalized spacial score (nSPS) is 14.2. The molecule has 0 aliphatic rings. The average molecular weight is 270 g/mol. The smallest absolute Gasteiger partial charge is 0.345 e. The Kier molecular flexibility index (Phi) is 4.48. The summed E-state index contributed by atoms with van der Waals surface area (Å²) in [6, 6.07) is 1.63. The standard InChI is InChI=1S/C12H18N2O3S/c1-4-12(3,11(13)17)14-6-8-5-9(10(15)16)18-7(8)2/h5,14H,4,6H2,1-3H3,(H2,13,17)(H,15,16). The number of aryl methyl sites for hydroxylation is 1. The van der Waals surface area contributed by atoms with Crippen molar-refractivity contribution in [2.75, 3.05) is 0 Å². The van der Waals surface area contributed by atoms with Crippen molar-refractivity contribution in [1.29, 1.82) is 0 Å². The van der Waals surface area contributed by atoms with Crippen molar-refractivity contribution in [3.63, 3.8) is 0 Å². The molecule has 0 fully saturated rings. The van der Waals surface area contributed by atoms with Gasteiger partial charge in [0.1, 0.15) is 4.88 Å². The fourth-order valence-corrected chi connectivity index (χ4v) is 2.36. The lowest BCUT2D eigenvalue weighted by Gasteiger charge is -2.25. The molecule has 4 N–H and O–H groups in total. The number of hydrogen-bond acceptors (Lipinski definition) is 4. The first-order chi connectivity index (χ1) is 8.30. The predicted molar refractivity (Wildman–Crippen MR) is 70.7 cm³/mol. The molecule has 0 saturated heterocycles. The third-order valence-electron chi connectivity index (χ3n) is 3.15. The van der Waals surface area contributed by atoms with Gasteiger partial charge >= 0.3 is 5.97 Å². The first kappa shape index (κ1) is 14.7. The Bertz CT molecular complexity index is 470. The number of carboxylic acids is 1. The summed E-state index contributed by atoms with van der Waals surface area (Å²) in [5.41, 5.74) is 5.47. The Balaban J connectivity index is 2.80. The van der Waals surface area contributed by atoms with Crippen LogP contribution in [-0.4, -0.2) is 22.5 Å². The summed E-state index contributed by atoms with van der Waals surface area (Å²) in [5, 5.41) is 12.0. The summed E-state index contributed by atoms with van der Waals surface area (Å²) in [6.45, 7) is 5.92.